The van der Waals surface area contributed by atoms with Crippen LogP contribution < -0.4 is 5.73 Å². The maximum atomic E-state index is 12.7. The lowest BCUT2D eigenvalue weighted by Crippen LogP contribution is -1.96. The summed E-state index contributed by atoms with van der Waals surface area (Å²) < 4.78 is 13.3. The molecule has 2 N–H and O–H groups in total. The van der Waals surface area contributed by atoms with Gasteiger partial charge in [0.15, 0.2) is 5.82 Å². The summed E-state index contributed by atoms with van der Waals surface area (Å²) in [6.45, 7) is 0. The van der Waals surface area contributed by atoms with E-state index in [0.29, 0.717) is 16.1 Å². The van der Waals surface area contributed by atoms with E-state index in [-0.39, 0.29) is 5.82 Å². The molecule has 0 saturated heterocycles. The second kappa shape index (κ2) is 3.94. The molecule has 0 unspecified atom stereocenters. The average molecular weight is 268 g/mol. The maximum Gasteiger partial charge on any atom is 0.161 e. The van der Waals surface area contributed by atoms with Crippen molar-refractivity contribution in [3.05, 3.63) is 40.8 Å². The van der Waals surface area contributed by atoms with Crippen molar-refractivity contribution in [1.29, 1.82) is 0 Å². The summed E-state index contributed by atoms with van der Waals surface area (Å²) in [7, 11) is 0. The predicted octanol–water partition coefficient (Wildman–Crippen LogP) is 2.63. The van der Waals surface area contributed by atoms with Gasteiger partial charge in [0.2, 0.25) is 0 Å². The Kier molecular flexibility index (Phi) is 2.64. The fourth-order valence-corrected chi connectivity index (χ4v) is 1.31. The molecular weight excluding hydrogens is 261 g/mol. The van der Waals surface area contributed by atoms with Crippen molar-refractivity contribution in [2.24, 2.45) is 0 Å². The Hall–Kier alpha value is -1.49. The van der Waals surface area contributed by atoms with Gasteiger partial charge in [-0.3, -0.25) is 0 Å². The van der Waals surface area contributed by atoms with E-state index in [1.165, 1.54) is 12.1 Å². The number of nitrogens with two attached hydrogens (primary N) is 1. The average Bonchev–Trinajstić information content (AvgIpc) is 2.23. The third kappa shape index (κ3) is 2.12. The fraction of sp³-hybridized carbons (Fsp3) is 0. The Bertz CT molecular complexity index is 485. The van der Waals surface area contributed by atoms with E-state index in [2.05, 4.69) is 25.9 Å². The first-order valence-electron chi connectivity index (χ1n) is 4.21. The van der Waals surface area contributed by atoms with Crippen molar-refractivity contribution >= 4 is 21.7 Å². The van der Waals surface area contributed by atoms with Gasteiger partial charge >= 0.3 is 0 Å². The van der Waals surface area contributed by atoms with Crippen molar-refractivity contribution < 1.29 is 4.39 Å². The van der Waals surface area contributed by atoms with Gasteiger partial charge in [-0.2, -0.15) is 0 Å². The standard InChI is InChI=1S/C10H7BrFN3/c11-8-5-14-10(15-9(8)13)6-1-3-7(12)4-2-6/h1-5H,(H2,13,14,15). The molecule has 0 saturated carbocycles. The van der Waals surface area contributed by atoms with Crippen molar-refractivity contribution in [3.8, 4) is 11.4 Å². The lowest BCUT2D eigenvalue weighted by molar-refractivity contribution is 0.628. The molecule has 15 heavy (non-hydrogen) atoms. The molecule has 0 atom stereocenters. The monoisotopic (exact) mass is 267 g/mol. The summed E-state index contributed by atoms with van der Waals surface area (Å²) in [6, 6.07) is 5.93. The number of anilines is 1. The number of nitrogen functional groups attached to an aromatic ring is 1. The largest absolute Gasteiger partial charge is 0.383 e. The molecule has 0 aliphatic heterocycles. The van der Waals surface area contributed by atoms with Crippen LogP contribution in [0.4, 0.5) is 10.2 Å². The normalized spacial score (nSPS) is 10.3. The Morgan fingerprint density at radius 1 is 1.20 bits per heavy atom. The predicted molar refractivity (Wildman–Crippen MR) is 59.5 cm³/mol. The molecule has 0 bridgehead atoms. The first-order chi connectivity index (χ1) is 7.16. The number of halogens is 2. The summed E-state index contributed by atoms with van der Waals surface area (Å²) in [6.07, 6.45) is 1.57. The van der Waals surface area contributed by atoms with E-state index in [0.717, 1.165) is 5.56 Å². The maximum absolute atomic E-state index is 12.7. The molecule has 1 heterocycles. The van der Waals surface area contributed by atoms with Crippen molar-refractivity contribution in [1.82, 2.24) is 9.97 Å². The minimum atomic E-state index is -0.288. The smallest absolute Gasteiger partial charge is 0.161 e. The molecule has 2 rings (SSSR count). The van der Waals surface area contributed by atoms with Crippen LogP contribution in [0.3, 0.4) is 0 Å². The fourth-order valence-electron chi connectivity index (χ4n) is 1.12. The number of hydrogen-bond donors (Lipinski definition) is 1. The van der Waals surface area contributed by atoms with E-state index in [9.17, 15) is 4.39 Å². The SMILES string of the molecule is Nc1nc(-c2ccc(F)cc2)ncc1Br. The lowest BCUT2D eigenvalue weighted by Gasteiger charge is -2.01. The Labute approximate surface area is 94.3 Å². The van der Waals surface area contributed by atoms with Crippen molar-refractivity contribution in [2.75, 3.05) is 5.73 Å². The van der Waals surface area contributed by atoms with E-state index in [4.69, 9.17) is 5.73 Å². The molecule has 1 aromatic heterocycles. The highest BCUT2D eigenvalue weighted by Crippen LogP contribution is 2.20. The van der Waals surface area contributed by atoms with Gasteiger partial charge in [0.25, 0.3) is 0 Å². The zero-order chi connectivity index (χ0) is 10.8. The Morgan fingerprint density at radius 3 is 2.47 bits per heavy atom. The van der Waals surface area contributed by atoms with Crippen LogP contribution in [0.1, 0.15) is 0 Å². The third-order valence-electron chi connectivity index (χ3n) is 1.87. The minimum Gasteiger partial charge on any atom is -0.383 e. The van der Waals surface area contributed by atoms with Crippen LogP contribution in [0.15, 0.2) is 34.9 Å². The van der Waals surface area contributed by atoms with Crippen LogP contribution in [0, 0.1) is 5.82 Å². The highest BCUT2D eigenvalue weighted by molar-refractivity contribution is 9.10. The molecular formula is C10H7BrFN3. The number of hydrogen-bond acceptors (Lipinski definition) is 3. The van der Waals surface area contributed by atoms with Gasteiger partial charge in [0.1, 0.15) is 11.6 Å². The van der Waals surface area contributed by atoms with Crippen LogP contribution >= 0.6 is 15.9 Å². The quantitative estimate of drug-likeness (QED) is 0.864. The summed E-state index contributed by atoms with van der Waals surface area (Å²) in [5.41, 5.74) is 6.35. The molecule has 0 amide bonds. The van der Waals surface area contributed by atoms with Gasteiger partial charge in [-0.05, 0) is 40.2 Å². The van der Waals surface area contributed by atoms with Crippen molar-refractivity contribution in [2.45, 2.75) is 0 Å². The molecule has 5 heteroatoms. The molecule has 0 fully saturated rings. The van der Waals surface area contributed by atoms with E-state index >= 15 is 0 Å². The minimum absolute atomic E-state index is 0.288. The van der Waals surface area contributed by atoms with Crippen LogP contribution in [-0.4, -0.2) is 9.97 Å². The second-order valence-electron chi connectivity index (χ2n) is 2.93. The molecule has 76 valence electrons. The zero-order valence-electron chi connectivity index (χ0n) is 7.61. The highest BCUT2D eigenvalue weighted by Gasteiger charge is 2.04. The van der Waals surface area contributed by atoms with E-state index in [1.54, 1.807) is 18.3 Å². The molecule has 0 spiro atoms. The molecule has 0 radical (unpaired) electrons. The topological polar surface area (TPSA) is 51.8 Å². The van der Waals surface area contributed by atoms with Crippen LogP contribution in [0.5, 0.6) is 0 Å². The summed E-state index contributed by atoms with van der Waals surface area (Å²) in [5, 5.41) is 0. The van der Waals surface area contributed by atoms with Crippen molar-refractivity contribution in [3.63, 3.8) is 0 Å². The summed E-state index contributed by atoms with van der Waals surface area (Å²) >= 11 is 3.20. The van der Waals surface area contributed by atoms with Gasteiger partial charge in [0.05, 0.1) is 4.47 Å². The second-order valence-corrected chi connectivity index (χ2v) is 3.79. The molecule has 0 aliphatic rings. The molecule has 1 aromatic carbocycles. The van der Waals surface area contributed by atoms with Gasteiger partial charge in [0, 0.05) is 11.8 Å². The highest BCUT2D eigenvalue weighted by atomic mass is 79.9. The van der Waals surface area contributed by atoms with Crippen LogP contribution in [-0.2, 0) is 0 Å². The van der Waals surface area contributed by atoms with Gasteiger partial charge < -0.3 is 5.73 Å². The number of nitrogens with zero attached hydrogens (tertiary/aromatic N) is 2. The summed E-state index contributed by atoms with van der Waals surface area (Å²) in [4.78, 5) is 8.15. The molecule has 2 aromatic rings. The van der Waals surface area contributed by atoms with Gasteiger partial charge in [-0.25, -0.2) is 14.4 Å². The lowest BCUT2D eigenvalue weighted by atomic mass is 10.2. The first-order valence-corrected chi connectivity index (χ1v) is 5.00. The number of aromatic nitrogens is 2. The number of rotatable bonds is 1. The molecule has 3 nitrogen and oxygen atoms in total. The third-order valence-corrected chi connectivity index (χ3v) is 2.48. The molecule has 0 aliphatic carbocycles. The van der Waals surface area contributed by atoms with E-state index < -0.39 is 0 Å². The Morgan fingerprint density at radius 2 is 1.87 bits per heavy atom. The van der Waals surface area contributed by atoms with Crippen LogP contribution in [0.25, 0.3) is 11.4 Å². The van der Waals surface area contributed by atoms with Gasteiger partial charge in [-0.1, -0.05) is 0 Å². The van der Waals surface area contributed by atoms with Crippen LogP contribution in [0.2, 0.25) is 0 Å². The summed E-state index contributed by atoms with van der Waals surface area (Å²) in [5.74, 6) is 0.559. The number of benzene rings is 1. The first kappa shape index (κ1) is 10.0. The Balaban J connectivity index is 2.45. The zero-order valence-corrected chi connectivity index (χ0v) is 9.20. The van der Waals surface area contributed by atoms with Gasteiger partial charge in [-0.15, -0.1) is 0 Å². The van der Waals surface area contributed by atoms with E-state index in [1.807, 2.05) is 0 Å².